The molecule has 0 aliphatic carbocycles. The summed E-state index contributed by atoms with van der Waals surface area (Å²) in [6, 6.07) is 4.63. The third kappa shape index (κ3) is 2.26. The first kappa shape index (κ1) is 11.1. The van der Waals surface area contributed by atoms with Crippen LogP contribution in [-0.4, -0.2) is 17.5 Å². The van der Waals surface area contributed by atoms with Crippen molar-refractivity contribution in [1.29, 1.82) is 5.26 Å². The van der Waals surface area contributed by atoms with Crippen molar-refractivity contribution in [3.05, 3.63) is 23.3 Å². The Morgan fingerprint density at radius 2 is 2.27 bits per heavy atom. The molecule has 4 heteroatoms. The Bertz CT molecular complexity index is 432. The van der Waals surface area contributed by atoms with Gasteiger partial charge in [-0.15, -0.1) is 0 Å². The van der Waals surface area contributed by atoms with Gasteiger partial charge in [-0.05, 0) is 19.9 Å². The molecule has 15 heavy (non-hydrogen) atoms. The van der Waals surface area contributed by atoms with Crippen molar-refractivity contribution in [1.82, 2.24) is 0 Å². The van der Waals surface area contributed by atoms with Gasteiger partial charge >= 0.3 is 0 Å². The topological polar surface area (TPSA) is 70.3 Å². The molecule has 0 amide bonds. The maximum absolute atomic E-state index is 11.2. The molecule has 0 aliphatic heterocycles. The summed E-state index contributed by atoms with van der Waals surface area (Å²) in [6.07, 6.45) is 0. The Balaban J connectivity index is 3.32. The lowest BCUT2D eigenvalue weighted by atomic mass is 10.0. The van der Waals surface area contributed by atoms with E-state index in [1.807, 2.05) is 6.07 Å². The summed E-state index contributed by atoms with van der Waals surface area (Å²) in [5.41, 5.74) is 0.173. The zero-order valence-corrected chi connectivity index (χ0v) is 8.57. The molecule has 0 radical (unpaired) electrons. The number of aromatic hydroxyl groups is 1. The standard InChI is InChI=1S/C11H11NO3/c1-3-15-9-4-8(6-12)11(7(2)13)10(14)5-9/h4-5,14H,3H2,1-2H3. The molecule has 0 saturated heterocycles. The van der Waals surface area contributed by atoms with E-state index in [1.54, 1.807) is 6.92 Å². The van der Waals surface area contributed by atoms with E-state index in [0.717, 1.165) is 0 Å². The molecule has 0 bridgehead atoms. The van der Waals surface area contributed by atoms with E-state index in [4.69, 9.17) is 10.00 Å². The Labute approximate surface area is 87.7 Å². The van der Waals surface area contributed by atoms with Crippen LogP contribution in [0.25, 0.3) is 0 Å². The zero-order valence-electron chi connectivity index (χ0n) is 8.57. The fraction of sp³-hybridized carbons (Fsp3) is 0.273. The van der Waals surface area contributed by atoms with Crippen LogP contribution in [0.4, 0.5) is 0 Å². The highest BCUT2D eigenvalue weighted by molar-refractivity contribution is 5.99. The van der Waals surface area contributed by atoms with Crippen LogP contribution in [0, 0.1) is 11.3 Å². The molecule has 4 nitrogen and oxygen atoms in total. The average molecular weight is 205 g/mol. The molecule has 0 aromatic heterocycles. The molecule has 0 saturated carbocycles. The maximum atomic E-state index is 11.2. The smallest absolute Gasteiger partial charge is 0.164 e. The van der Waals surface area contributed by atoms with Crippen LogP contribution in [0.5, 0.6) is 11.5 Å². The number of Topliss-reactive ketones (excluding diaryl/α,β-unsaturated/α-hetero) is 1. The Hall–Kier alpha value is -2.02. The second-order valence-corrected chi connectivity index (χ2v) is 2.97. The largest absolute Gasteiger partial charge is 0.507 e. The van der Waals surface area contributed by atoms with Crippen LogP contribution in [0.2, 0.25) is 0 Å². The number of hydrogen-bond acceptors (Lipinski definition) is 4. The van der Waals surface area contributed by atoms with Crippen molar-refractivity contribution < 1.29 is 14.6 Å². The number of phenols is 1. The van der Waals surface area contributed by atoms with Crippen molar-refractivity contribution >= 4 is 5.78 Å². The second kappa shape index (κ2) is 4.47. The number of hydrogen-bond donors (Lipinski definition) is 1. The molecule has 0 spiro atoms. The highest BCUT2D eigenvalue weighted by atomic mass is 16.5. The normalized spacial score (nSPS) is 9.40. The molecule has 0 unspecified atom stereocenters. The number of ketones is 1. The van der Waals surface area contributed by atoms with Crippen LogP contribution in [0.3, 0.4) is 0 Å². The van der Waals surface area contributed by atoms with Crippen molar-refractivity contribution in [3.63, 3.8) is 0 Å². The highest BCUT2D eigenvalue weighted by Crippen LogP contribution is 2.27. The third-order valence-corrected chi connectivity index (χ3v) is 1.87. The summed E-state index contributed by atoms with van der Waals surface area (Å²) in [6.45, 7) is 3.53. The van der Waals surface area contributed by atoms with Crippen molar-refractivity contribution in [2.24, 2.45) is 0 Å². The summed E-state index contributed by atoms with van der Waals surface area (Å²) < 4.78 is 5.14. The molecule has 1 aromatic carbocycles. The first-order valence-electron chi connectivity index (χ1n) is 4.51. The van der Waals surface area contributed by atoms with Crippen molar-refractivity contribution in [3.8, 4) is 17.6 Å². The molecule has 0 aliphatic rings. The van der Waals surface area contributed by atoms with Crippen LogP contribution in [-0.2, 0) is 0 Å². The lowest BCUT2D eigenvalue weighted by Crippen LogP contribution is -1.99. The monoisotopic (exact) mass is 205 g/mol. The molecular formula is C11H11NO3. The van der Waals surface area contributed by atoms with Crippen LogP contribution >= 0.6 is 0 Å². The number of carbonyl (C=O) groups is 1. The fourth-order valence-electron chi connectivity index (χ4n) is 1.31. The summed E-state index contributed by atoms with van der Waals surface area (Å²) in [7, 11) is 0. The predicted octanol–water partition coefficient (Wildman–Crippen LogP) is 1.87. The number of phenolic OH excluding ortho intramolecular Hbond substituents is 1. The van der Waals surface area contributed by atoms with Gasteiger partial charge in [0.05, 0.1) is 17.7 Å². The molecule has 1 N–H and O–H groups in total. The molecule has 0 fully saturated rings. The Kier molecular flexibility index (Phi) is 3.29. The van der Waals surface area contributed by atoms with Gasteiger partial charge in [0.1, 0.15) is 17.6 Å². The van der Waals surface area contributed by atoms with E-state index in [2.05, 4.69) is 0 Å². The van der Waals surface area contributed by atoms with Crippen LogP contribution < -0.4 is 4.74 Å². The Morgan fingerprint density at radius 3 is 2.73 bits per heavy atom. The molecule has 1 rings (SSSR count). The van der Waals surface area contributed by atoms with Crippen molar-refractivity contribution in [2.45, 2.75) is 13.8 Å². The highest BCUT2D eigenvalue weighted by Gasteiger charge is 2.14. The first-order valence-corrected chi connectivity index (χ1v) is 4.51. The average Bonchev–Trinajstić information content (AvgIpc) is 2.16. The number of nitriles is 1. The Morgan fingerprint density at radius 1 is 1.60 bits per heavy atom. The lowest BCUT2D eigenvalue weighted by Gasteiger charge is -2.07. The van der Waals surface area contributed by atoms with Gasteiger partial charge in [0, 0.05) is 6.07 Å². The molecule has 0 heterocycles. The number of nitrogens with zero attached hydrogens (tertiary/aromatic N) is 1. The molecule has 78 valence electrons. The van der Waals surface area contributed by atoms with E-state index in [9.17, 15) is 9.90 Å². The van der Waals surface area contributed by atoms with E-state index in [0.29, 0.717) is 12.4 Å². The fourth-order valence-corrected chi connectivity index (χ4v) is 1.31. The number of carbonyl (C=O) groups excluding carboxylic acids is 1. The summed E-state index contributed by atoms with van der Waals surface area (Å²) >= 11 is 0. The number of ether oxygens (including phenoxy) is 1. The second-order valence-electron chi connectivity index (χ2n) is 2.97. The van der Waals surface area contributed by atoms with Crippen molar-refractivity contribution in [2.75, 3.05) is 6.61 Å². The van der Waals surface area contributed by atoms with Crippen LogP contribution in [0.1, 0.15) is 29.8 Å². The van der Waals surface area contributed by atoms with Gasteiger partial charge in [0.15, 0.2) is 5.78 Å². The summed E-state index contributed by atoms with van der Waals surface area (Å²) in [5.74, 6) is -0.173. The summed E-state index contributed by atoms with van der Waals surface area (Å²) in [5, 5.41) is 18.4. The predicted molar refractivity (Wildman–Crippen MR) is 54.0 cm³/mol. The number of benzene rings is 1. The van der Waals surface area contributed by atoms with Gasteiger partial charge in [0.2, 0.25) is 0 Å². The summed E-state index contributed by atoms with van der Waals surface area (Å²) in [4.78, 5) is 11.2. The minimum atomic E-state index is -0.341. The van der Waals surface area contributed by atoms with E-state index >= 15 is 0 Å². The van der Waals surface area contributed by atoms with Gasteiger partial charge in [-0.3, -0.25) is 4.79 Å². The maximum Gasteiger partial charge on any atom is 0.164 e. The van der Waals surface area contributed by atoms with Crippen LogP contribution in [0.15, 0.2) is 12.1 Å². The van der Waals surface area contributed by atoms with E-state index in [-0.39, 0.29) is 22.7 Å². The lowest BCUT2D eigenvalue weighted by molar-refractivity contribution is 0.101. The van der Waals surface area contributed by atoms with Gasteiger partial charge in [-0.25, -0.2) is 0 Å². The zero-order chi connectivity index (χ0) is 11.4. The first-order chi connectivity index (χ1) is 7.10. The quantitative estimate of drug-likeness (QED) is 0.764. The van der Waals surface area contributed by atoms with Gasteiger partial charge in [-0.2, -0.15) is 5.26 Å². The third-order valence-electron chi connectivity index (χ3n) is 1.87. The SMILES string of the molecule is CCOc1cc(O)c(C(C)=O)c(C#N)c1. The van der Waals surface area contributed by atoms with Gasteiger partial charge < -0.3 is 9.84 Å². The van der Waals surface area contributed by atoms with Gasteiger partial charge in [0.25, 0.3) is 0 Å². The minimum Gasteiger partial charge on any atom is -0.507 e. The molecule has 1 aromatic rings. The van der Waals surface area contributed by atoms with E-state index in [1.165, 1.54) is 19.1 Å². The van der Waals surface area contributed by atoms with E-state index < -0.39 is 0 Å². The molecular weight excluding hydrogens is 194 g/mol. The number of rotatable bonds is 3. The van der Waals surface area contributed by atoms with Gasteiger partial charge in [-0.1, -0.05) is 0 Å². The molecule has 0 atom stereocenters. The minimum absolute atomic E-state index is 0.0425.